The summed E-state index contributed by atoms with van der Waals surface area (Å²) in [6.07, 6.45) is 0.669. The van der Waals surface area contributed by atoms with E-state index in [1.165, 1.54) is 0 Å². The first kappa shape index (κ1) is 25.7. The number of hydrogen-bond acceptors (Lipinski definition) is 5. The molecule has 5 rings (SSSR count). The minimum atomic E-state index is -3.48. The summed E-state index contributed by atoms with van der Waals surface area (Å²) in [6, 6.07) is 34.0. The van der Waals surface area contributed by atoms with E-state index in [-0.39, 0.29) is 0 Å². The lowest BCUT2D eigenvalue weighted by Crippen LogP contribution is -2.30. The number of fused-ring (bicyclic) bond motifs is 1. The molecule has 0 spiro atoms. The van der Waals surface area contributed by atoms with Gasteiger partial charge in [0.15, 0.2) is 7.14 Å². The van der Waals surface area contributed by atoms with Crippen LogP contribution in [0.5, 0.6) is 0 Å². The highest BCUT2D eigenvalue weighted by Gasteiger charge is 2.41. The minimum Gasteiger partial charge on any atom is -0.478 e. The Labute approximate surface area is 222 Å². The lowest BCUT2D eigenvalue weighted by Gasteiger charge is -2.31. The summed E-state index contributed by atoms with van der Waals surface area (Å²) in [5.41, 5.74) is 2.35. The molecule has 1 N–H and O–H groups in total. The summed E-state index contributed by atoms with van der Waals surface area (Å²) < 4.78 is 23.2. The molecule has 2 unspecified atom stereocenters. The van der Waals surface area contributed by atoms with Crippen molar-refractivity contribution in [1.29, 1.82) is 0 Å². The molecule has 1 heterocycles. The predicted octanol–water partition coefficient (Wildman–Crippen LogP) is 5.69. The summed E-state index contributed by atoms with van der Waals surface area (Å²) in [5, 5.41) is 21.9. The van der Waals surface area contributed by atoms with Crippen LogP contribution < -0.4 is 10.6 Å². The lowest BCUT2D eigenvalue weighted by molar-refractivity contribution is 0.182. The van der Waals surface area contributed by atoms with Crippen molar-refractivity contribution in [3.05, 3.63) is 126 Å². The molecule has 5 aromatic rings. The van der Waals surface area contributed by atoms with Gasteiger partial charge in [0, 0.05) is 10.6 Å². The highest BCUT2D eigenvalue weighted by atomic mass is 31.2. The molecule has 0 bridgehead atoms. The molecule has 0 aliphatic heterocycles. The standard InChI is InChI=1S/C31H30N3O3P/c1-3-37-30(34-28-17-11-10-16-27(28)32-33-34)22-29(31(35)24-20-18-23(2)19-21-24)38(36,25-12-6-4-7-13-25)26-14-8-5-9-15-26/h4-22,29,31,35H,3H2,1-2H3/b30-22-. The van der Waals surface area contributed by atoms with Gasteiger partial charge in [-0.2, -0.15) is 4.68 Å². The lowest BCUT2D eigenvalue weighted by atomic mass is 10.0. The van der Waals surface area contributed by atoms with Crippen LogP contribution in [-0.2, 0) is 9.30 Å². The van der Waals surface area contributed by atoms with Crippen molar-refractivity contribution < 1.29 is 14.4 Å². The maximum Gasteiger partial charge on any atom is 0.213 e. The number of aromatic nitrogens is 3. The van der Waals surface area contributed by atoms with E-state index in [2.05, 4.69) is 10.3 Å². The summed E-state index contributed by atoms with van der Waals surface area (Å²) in [6.45, 7) is 4.23. The molecule has 192 valence electrons. The molecule has 0 radical (unpaired) electrons. The topological polar surface area (TPSA) is 77.2 Å². The SMILES string of the molecule is CCO/C(=C\C(C(O)c1ccc(C)cc1)P(=O)(c1ccccc1)c1ccccc1)n1nnc2ccccc21. The third kappa shape index (κ3) is 4.93. The number of rotatable bonds is 9. The average Bonchev–Trinajstić information content (AvgIpc) is 3.40. The summed E-state index contributed by atoms with van der Waals surface area (Å²) in [5.74, 6) is 0.365. The van der Waals surface area contributed by atoms with Crippen molar-refractivity contribution >= 4 is 34.7 Å². The van der Waals surface area contributed by atoms with Crippen molar-refractivity contribution in [2.45, 2.75) is 25.6 Å². The van der Waals surface area contributed by atoms with Crippen LogP contribution in [0.2, 0.25) is 0 Å². The van der Waals surface area contributed by atoms with Crippen molar-refractivity contribution in [3.63, 3.8) is 0 Å². The zero-order valence-electron chi connectivity index (χ0n) is 21.4. The molecular weight excluding hydrogens is 493 g/mol. The second kappa shape index (κ2) is 11.2. The van der Waals surface area contributed by atoms with Gasteiger partial charge in [-0.05, 0) is 37.6 Å². The van der Waals surface area contributed by atoms with Gasteiger partial charge in [-0.25, -0.2) is 0 Å². The minimum absolute atomic E-state index is 0.355. The van der Waals surface area contributed by atoms with Gasteiger partial charge in [-0.1, -0.05) is 108 Å². The highest BCUT2D eigenvalue weighted by molar-refractivity contribution is 7.79. The Balaban J connectivity index is 1.77. The van der Waals surface area contributed by atoms with Gasteiger partial charge in [-0.15, -0.1) is 5.10 Å². The highest BCUT2D eigenvalue weighted by Crippen LogP contribution is 2.54. The van der Waals surface area contributed by atoms with Crippen LogP contribution in [0.15, 0.2) is 115 Å². The second-order valence-electron chi connectivity index (χ2n) is 9.10. The molecule has 38 heavy (non-hydrogen) atoms. The molecule has 1 aromatic heterocycles. The number of aliphatic hydroxyl groups excluding tert-OH is 1. The Kier molecular flexibility index (Phi) is 7.54. The van der Waals surface area contributed by atoms with Crippen molar-refractivity contribution in [1.82, 2.24) is 15.0 Å². The Morgan fingerprint density at radius 2 is 1.47 bits per heavy atom. The number of aliphatic hydroxyl groups is 1. The summed E-state index contributed by atoms with van der Waals surface area (Å²) in [4.78, 5) is 0. The van der Waals surface area contributed by atoms with Gasteiger partial charge in [0.1, 0.15) is 5.52 Å². The molecule has 4 aromatic carbocycles. The maximum absolute atomic E-state index is 15.5. The van der Waals surface area contributed by atoms with Gasteiger partial charge in [0.2, 0.25) is 5.88 Å². The van der Waals surface area contributed by atoms with Crippen LogP contribution in [0, 0.1) is 6.92 Å². The zero-order valence-corrected chi connectivity index (χ0v) is 22.3. The molecule has 0 saturated heterocycles. The first-order chi connectivity index (χ1) is 18.5. The number of nitrogens with zero attached hydrogens (tertiary/aromatic N) is 3. The van der Waals surface area contributed by atoms with Crippen molar-refractivity contribution in [3.8, 4) is 0 Å². The number of benzene rings is 4. The van der Waals surface area contributed by atoms with Crippen LogP contribution in [0.1, 0.15) is 24.2 Å². The average molecular weight is 524 g/mol. The molecule has 0 saturated carbocycles. The van der Waals surface area contributed by atoms with E-state index in [0.29, 0.717) is 34.2 Å². The van der Waals surface area contributed by atoms with E-state index in [9.17, 15) is 5.11 Å². The zero-order chi connectivity index (χ0) is 26.5. The number of ether oxygens (including phenoxy) is 1. The van der Waals surface area contributed by atoms with E-state index in [0.717, 1.165) is 11.1 Å². The van der Waals surface area contributed by atoms with Gasteiger partial charge >= 0.3 is 0 Å². The first-order valence-electron chi connectivity index (χ1n) is 12.6. The third-order valence-corrected chi connectivity index (χ3v) is 10.0. The van der Waals surface area contributed by atoms with E-state index in [1.54, 1.807) is 10.8 Å². The summed E-state index contributed by atoms with van der Waals surface area (Å²) in [7, 11) is -3.48. The van der Waals surface area contributed by atoms with Crippen LogP contribution in [0.4, 0.5) is 0 Å². The molecule has 0 amide bonds. The predicted molar refractivity (Wildman–Crippen MR) is 153 cm³/mol. The van der Waals surface area contributed by atoms with E-state index in [1.807, 2.05) is 123 Å². The fourth-order valence-electron chi connectivity index (χ4n) is 4.65. The van der Waals surface area contributed by atoms with Gasteiger partial charge in [0.25, 0.3) is 0 Å². The molecule has 0 aliphatic carbocycles. The van der Waals surface area contributed by atoms with Crippen LogP contribution >= 0.6 is 7.14 Å². The molecule has 0 aliphatic rings. The molecular formula is C31H30N3O3P. The van der Waals surface area contributed by atoms with E-state index < -0.39 is 18.9 Å². The molecule has 6 nitrogen and oxygen atoms in total. The maximum atomic E-state index is 15.5. The normalized spacial score (nSPS) is 13.8. The smallest absolute Gasteiger partial charge is 0.213 e. The van der Waals surface area contributed by atoms with E-state index >= 15 is 4.57 Å². The molecule has 2 atom stereocenters. The Bertz CT molecular complexity index is 1540. The van der Waals surface area contributed by atoms with Crippen LogP contribution in [0.3, 0.4) is 0 Å². The fourth-order valence-corrected chi connectivity index (χ4v) is 7.78. The fraction of sp³-hybridized carbons (Fsp3) is 0.161. The number of hydrogen-bond donors (Lipinski definition) is 1. The van der Waals surface area contributed by atoms with Crippen LogP contribution in [0.25, 0.3) is 16.9 Å². The monoisotopic (exact) mass is 523 g/mol. The number of aryl methyl sites for hydroxylation is 1. The van der Waals surface area contributed by atoms with Gasteiger partial charge < -0.3 is 14.4 Å². The second-order valence-corrected chi connectivity index (χ2v) is 12.0. The Hall–Kier alpha value is -3.99. The molecule has 0 fully saturated rings. The third-order valence-electron chi connectivity index (χ3n) is 6.61. The first-order valence-corrected chi connectivity index (χ1v) is 14.4. The Morgan fingerprint density at radius 3 is 2.08 bits per heavy atom. The summed E-state index contributed by atoms with van der Waals surface area (Å²) >= 11 is 0. The number of para-hydroxylation sites is 1. The quantitative estimate of drug-likeness (QED) is 0.198. The van der Waals surface area contributed by atoms with Crippen molar-refractivity contribution in [2.75, 3.05) is 6.61 Å². The van der Waals surface area contributed by atoms with Gasteiger partial charge in [0.05, 0.1) is 23.9 Å². The Morgan fingerprint density at radius 1 is 0.895 bits per heavy atom. The van der Waals surface area contributed by atoms with Gasteiger partial charge in [-0.3, -0.25) is 0 Å². The van der Waals surface area contributed by atoms with Crippen LogP contribution in [-0.4, -0.2) is 32.4 Å². The largest absolute Gasteiger partial charge is 0.478 e. The molecule has 7 heteroatoms. The van der Waals surface area contributed by atoms with E-state index in [4.69, 9.17) is 4.74 Å². The van der Waals surface area contributed by atoms with Crippen molar-refractivity contribution in [2.24, 2.45) is 0 Å².